The third-order valence-corrected chi connectivity index (χ3v) is 2.90. The van der Waals surface area contributed by atoms with Crippen molar-refractivity contribution in [3.8, 4) is 5.75 Å². The number of aromatic carboxylic acids is 1. The van der Waals surface area contributed by atoms with E-state index in [2.05, 4.69) is 15.3 Å². The van der Waals surface area contributed by atoms with Crippen LogP contribution in [0.3, 0.4) is 0 Å². The fourth-order valence-electron chi connectivity index (χ4n) is 1.90. The molecule has 21 heavy (non-hydrogen) atoms. The van der Waals surface area contributed by atoms with Gasteiger partial charge in [0.15, 0.2) is 5.69 Å². The van der Waals surface area contributed by atoms with Crippen molar-refractivity contribution < 1.29 is 14.6 Å². The molecule has 0 bridgehead atoms. The number of carbonyl (C=O) groups is 1. The number of hydrogen-bond donors (Lipinski definition) is 2. The summed E-state index contributed by atoms with van der Waals surface area (Å²) in [5.74, 6) is 0.0825. The Bertz CT molecular complexity index is 644. The van der Waals surface area contributed by atoms with Crippen molar-refractivity contribution in [2.45, 2.75) is 13.3 Å². The lowest BCUT2D eigenvalue weighted by Crippen LogP contribution is -2.11. The summed E-state index contributed by atoms with van der Waals surface area (Å²) in [6.45, 7) is 2.34. The number of carboxylic acid groups (broad SMARTS) is 1. The predicted molar refractivity (Wildman–Crippen MR) is 78.9 cm³/mol. The molecule has 0 fully saturated rings. The van der Waals surface area contributed by atoms with E-state index >= 15 is 0 Å². The first-order valence-corrected chi connectivity index (χ1v) is 6.54. The number of methoxy groups -OCH3 is 1. The van der Waals surface area contributed by atoms with Gasteiger partial charge in [0.2, 0.25) is 5.95 Å². The minimum absolute atomic E-state index is 0.00798. The van der Waals surface area contributed by atoms with Gasteiger partial charge in [-0.2, -0.15) is 0 Å². The molecule has 0 radical (unpaired) electrons. The molecule has 0 aliphatic carbocycles. The normalized spacial score (nSPS) is 10.2. The topological polar surface area (TPSA) is 84.3 Å². The minimum Gasteiger partial charge on any atom is -0.497 e. The first-order chi connectivity index (χ1) is 10.1. The van der Waals surface area contributed by atoms with Crippen LogP contribution >= 0.6 is 0 Å². The highest BCUT2D eigenvalue weighted by Gasteiger charge is 2.08. The molecule has 2 rings (SSSR count). The molecular formula is C15H17N3O3. The van der Waals surface area contributed by atoms with Crippen molar-refractivity contribution in [3.63, 3.8) is 0 Å². The Morgan fingerprint density at radius 3 is 2.86 bits per heavy atom. The average molecular weight is 287 g/mol. The molecule has 2 aromatic rings. The first-order valence-electron chi connectivity index (χ1n) is 6.54. The van der Waals surface area contributed by atoms with E-state index in [-0.39, 0.29) is 5.69 Å². The number of ether oxygens (including phenoxy) is 1. The van der Waals surface area contributed by atoms with Crippen LogP contribution in [0.1, 0.15) is 21.7 Å². The van der Waals surface area contributed by atoms with Crippen LogP contribution in [-0.4, -0.2) is 34.7 Å². The van der Waals surface area contributed by atoms with E-state index in [1.165, 1.54) is 6.07 Å². The van der Waals surface area contributed by atoms with Gasteiger partial charge in [0.05, 0.1) is 7.11 Å². The summed E-state index contributed by atoms with van der Waals surface area (Å²) in [5, 5.41) is 12.0. The number of benzene rings is 1. The highest BCUT2D eigenvalue weighted by atomic mass is 16.5. The lowest BCUT2D eigenvalue weighted by Gasteiger charge is -2.07. The van der Waals surface area contributed by atoms with E-state index in [1.54, 1.807) is 14.0 Å². The molecule has 0 amide bonds. The minimum atomic E-state index is -1.06. The number of nitrogens with one attached hydrogen (secondary N) is 1. The largest absolute Gasteiger partial charge is 0.497 e. The molecule has 0 aliphatic heterocycles. The highest BCUT2D eigenvalue weighted by molar-refractivity contribution is 5.85. The van der Waals surface area contributed by atoms with Crippen LogP contribution < -0.4 is 10.1 Å². The average Bonchev–Trinajstić information content (AvgIpc) is 2.47. The Morgan fingerprint density at radius 1 is 1.33 bits per heavy atom. The van der Waals surface area contributed by atoms with Crippen LogP contribution in [0.15, 0.2) is 30.3 Å². The van der Waals surface area contributed by atoms with E-state index < -0.39 is 5.97 Å². The molecule has 1 aromatic carbocycles. The molecule has 0 unspecified atom stereocenters. The molecule has 110 valence electrons. The molecule has 6 nitrogen and oxygen atoms in total. The van der Waals surface area contributed by atoms with Crippen LogP contribution in [0.5, 0.6) is 5.75 Å². The fourth-order valence-corrected chi connectivity index (χ4v) is 1.90. The fraction of sp³-hybridized carbons (Fsp3) is 0.267. The van der Waals surface area contributed by atoms with Crippen LogP contribution in [0.2, 0.25) is 0 Å². The second-order valence-corrected chi connectivity index (χ2v) is 4.55. The van der Waals surface area contributed by atoms with Crippen molar-refractivity contribution in [2.75, 3.05) is 19.0 Å². The van der Waals surface area contributed by atoms with Crippen molar-refractivity contribution in [1.82, 2.24) is 9.97 Å². The number of aryl methyl sites for hydroxylation is 1. The zero-order chi connectivity index (χ0) is 15.2. The number of nitrogens with zero attached hydrogens (tertiary/aromatic N) is 2. The Kier molecular flexibility index (Phi) is 4.71. The Hall–Kier alpha value is -2.63. The summed E-state index contributed by atoms with van der Waals surface area (Å²) in [6, 6.07) is 9.22. The van der Waals surface area contributed by atoms with Crippen LogP contribution in [-0.2, 0) is 6.42 Å². The van der Waals surface area contributed by atoms with Crippen molar-refractivity contribution in [1.29, 1.82) is 0 Å². The molecule has 1 heterocycles. The van der Waals surface area contributed by atoms with Crippen LogP contribution in [0.25, 0.3) is 0 Å². The van der Waals surface area contributed by atoms with Gasteiger partial charge in [-0.3, -0.25) is 0 Å². The van der Waals surface area contributed by atoms with Gasteiger partial charge in [0, 0.05) is 12.2 Å². The van der Waals surface area contributed by atoms with E-state index in [0.717, 1.165) is 17.7 Å². The van der Waals surface area contributed by atoms with E-state index in [9.17, 15) is 4.79 Å². The Morgan fingerprint density at radius 2 is 2.14 bits per heavy atom. The number of aromatic nitrogens is 2. The number of carboxylic acids is 1. The van der Waals surface area contributed by atoms with Gasteiger partial charge in [-0.1, -0.05) is 12.1 Å². The second-order valence-electron chi connectivity index (χ2n) is 4.55. The Balaban J connectivity index is 1.98. The van der Waals surface area contributed by atoms with Gasteiger partial charge in [-0.05, 0) is 37.1 Å². The SMILES string of the molecule is COc1cccc(CCNc2nc(C)cc(C(=O)O)n2)c1. The van der Waals surface area contributed by atoms with Gasteiger partial charge in [0.1, 0.15) is 5.75 Å². The number of rotatable bonds is 6. The lowest BCUT2D eigenvalue weighted by molar-refractivity contribution is 0.0690. The maximum absolute atomic E-state index is 10.9. The quantitative estimate of drug-likeness (QED) is 0.847. The van der Waals surface area contributed by atoms with Gasteiger partial charge in [-0.15, -0.1) is 0 Å². The molecule has 6 heteroatoms. The standard InChI is InChI=1S/C15H17N3O3/c1-10-8-13(14(19)20)18-15(17-10)16-7-6-11-4-3-5-12(9-11)21-2/h3-5,8-9H,6-7H2,1-2H3,(H,19,20)(H,16,17,18). The molecule has 1 aromatic heterocycles. The van der Waals surface area contributed by atoms with Crippen LogP contribution in [0.4, 0.5) is 5.95 Å². The highest BCUT2D eigenvalue weighted by Crippen LogP contribution is 2.13. The molecule has 0 saturated heterocycles. The molecule has 0 saturated carbocycles. The summed E-state index contributed by atoms with van der Waals surface area (Å²) < 4.78 is 5.17. The third-order valence-electron chi connectivity index (χ3n) is 2.90. The molecule has 0 aliphatic rings. The number of anilines is 1. The smallest absolute Gasteiger partial charge is 0.354 e. The third kappa shape index (κ3) is 4.17. The molecular weight excluding hydrogens is 270 g/mol. The van der Waals surface area contributed by atoms with E-state index in [1.807, 2.05) is 24.3 Å². The summed E-state index contributed by atoms with van der Waals surface area (Å²) in [4.78, 5) is 19.1. The van der Waals surface area contributed by atoms with E-state index in [0.29, 0.717) is 18.2 Å². The summed E-state index contributed by atoms with van der Waals surface area (Å²) in [5.41, 5.74) is 1.73. The van der Waals surface area contributed by atoms with E-state index in [4.69, 9.17) is 9.84 Å². The van der Waals surface area contributed by atoms with Crippen molar-refractivity contribution >= 4 is 11.9 Å². The maximum Gasteiger partial charge on any atom is 0.354 e. The van der Waals surface area contributed by atoms with Gasteiger partial charge in [-0.25, -0.2) is 14.8 Å². The molecule has 2 N–H and O–H groups in total. The summed E-state index contributed by atoms with van der Waals surface area (Å²) in [7, 11) is 1.63. The Labute approximate surface area is 122 Å². The van der Waals surface area contributed by atoms with Crippen molar-refractivity contribution in [3.05, 3.63) is 47.3 Å². The first kappa shape index (κ1) is 14.8. The zero-order valence-corrected chi connectivity index (χ0v) is 12.0. The summed E-state index contributed by atoms with van der Waals surface area (Å²) >= 11 is 0. The molecule has 0 atom stereocenters. The zero-order valence-electron chi connectivity index (χ0n) is 12.0. The summed E-state index contributed by atoms with van der Waals surface area (Å²) in [6.07, 6.45) is 0.761. The second kappa shape index (κ2) is 6.69. The van der Waals surface area contributed by atoms with Gasteiger partial charge < -0.3 is 15.2 Å². The predicted octanol–water partition coefficient (Wildman–Crippen LogP) is 2.15. The maximum atomic E-state index is 10.9. The lowest BCUT2D eigenvalue weighted by atomic mass is 10.1. The monoisotopic (exact) mass is 287 g/mol. The number of hydrogen-bond acceptors (Lipinski definition) is 5. The molecule has 0 spiro atoms. The van der Waals surface area contributed by atoms with Gasteiger partial charge in [0.25, 0.3) is 0 Å². The van der Waals surface area contributed by atoms with Crippen molar-refractivity contribution in [2.24, 2.45) is 0 Å². The van der Waals surface area contributed by atoms with Crippen LogP contribution in [0, 0.1) is 6.92 Å². The van der Waals surface area contributed by atoms with Gasteiger partial charge >= 0.3 is 5.97 Å².